The van der Waals surface area contributed by atoms with Crippen LogP contribution in [0.15, 0.2) is 11.1 Å². The molecule has 0 aromatic carbocycles. The minimum atomic E-state index is -5.01. The lowest BCUT2D eigenvalue weighted by molar-refractivity contribution is -0.275. The van der Waals surface area contributed by atoms with Crippen molar-refractivity contribution in [3.8, 4) is 11.5 Å². The molecule has 0 aliphatic heterocycles. The van der Waals surface area contributed by atoms with Crippen LogP contribution in [-0.2, 0) is 9.05 Å². The second-order valence-electron chi connectivity index (χ2n) is 2.76. The fourth-order valence-electron chi connectivity index (χ4n) is 1.01. The Kier molecular flexibility index (Phi) is 4.54. The summed E-state index contributed by atoms with van der Waals surface area (Å²) < 4.78 is 66.9. The molecule has 0 spiro atoms. The molecule has 1 aromatic heterocycles. The van der Waals surface area contributed by atoms with E-state index in [9.17, 15) is 21.6 Å². The van der Waals surface area contributed by atoms with Gasteiger partial charge < -0.3 is 9.47 Å². The van der Waals surface area contributed by atoms with E-state index in [1.54, 1.807) is 0 Å². The zero-order chi connectivity index (χ0) is 14.1. The third kappa shape index (κ3) is 3.75. The van der Waals surface area contributed by atoms with Crippen LogP contribution in [0.2, 0.25) is 0 Å². The van der Waals surface area contributed by atoms with Crippen LogP contribution in [0.25, 0.3) is 0 Å². The van der Waals surface area contributed by atoms with Gasteiger partial charge in [0.2, 0.25) is 5.75 Å². The summed E-state index contributed by atoms with van der Waals surface area (Å²) in [5, 5.41) is 0. The van der Waals surface area contributed by atoms with Crippen LogP contribution < -0.4 is 9.47 Å². The van der Waals surface area contributed by atoms with E-state index in [-0.39, 0.29) is 3.70 Å². The lowest BCUT2D eigenvalue weighted by Gasteiger charge is -2.15. The maximum atomic E-state index is 12.2. The Bertz CT molecular complexity index is 563. The minimum absolute atomic E-state index is 0.217. The molecule has 0 amide bonds. The third-order valence-corrected chi connectivity index (χ3v) is 3.68. The van der Waals surface area contributed by atoms with Gasteiger partial charge in [0.05, 0.1) is 13.3 Å². The highest BCUT2D eigenvalue weighted by molar-refractivity contribution is 14.1. The van der Waals surface area contributed by atoms with E-state index >= 15 is 0 Å². The van der Waals surface area contributed by atoms with E-state index in [0.717, 1.165) is 13.3 Å². The molecule has 0 radical (unpaired) electrons. The van der Waals surface area contributed by atoms with Crippen LogP contribution >= 0.6 is 33.3 Å². The van der Waals surface area contributed by atoms with Crippen molar-refractivity contribution in [3.63, 3.8) is 0 Å². The van der Waals surface area contributed by atoms with E-state index in [1.807, 2.05) is 0 Å². The van der Waals surface area contributed by atoms with Gasteiger partial charge in [-0.3, -0.25) is 0 Å². The SMILES string of the molecule is COc1c(S(=O)(=O)Cl)cnc(I)c1OC(F)(F)F. The number of alkyl halides is 3. The molecule has 102 valence electrons. The second-order valence-corrected chi connectivity index (χ2v) is 6.32. The topological polar surface area (TPSA) is 65.5 Å². The standard InChI is InChI=1S/C7H4ClF3INO4S/c1-16-4-3(18(8,14)15)2-13-6(12)5(4)17-7(9,10)11/h2H,1H3. The van der Waals surface area contributed by atoms with Gasteiger partial charge >= 0.3 is 6.36 Å². The predicted molar refractivity (Wildman–Crippen MR) is 63.2 cm³/mol. The van der Waals surface area contributed by atoms with E-state index in [4.69, 9.17) is 10.7 Å². The molecule has 0 saturated carbocycles. The highest BCUT2D eigenvalue weighted by Gasteiger charge is 2.36. The molecule has 0 N–H and O–H groups in total. The molecule has 0 fully saturated rings. The Balaban J connectivity index is 3.50. The first-order chi connectivity index (χ1) is 8.06. The summed E-state index contributed by atoms with van der Waals surface area (Å²) in [5.74, 6) is -1.51. The molecule has 1 aromatic rings. The molecule has 11 heteroatoms. The normalized spacial score (nSPS) is 12.3. The van der Waals surface area contributed by atoms with Crippen molar-refractivity contribution in [3.05, 3.63) is 9.90 Å². The zero-order valence-corrected chi connectivity index (χ0v) is 12.2. The summed E-state index contributed by atoms with van der Waals surface area (Å²) in [7, 11) is 1.73. The van der Waals surface area contributed by atoms with Crippen LogP contribution in [0.3, 0.4) is 0 Å². The fraction of sp³-hybridized carbons (Fsp3) is 0.286. The summed E-state index contributed by atoms with van der Waals surface area (Å²) >= 11 is 1.44. The van der Waals surface area contributed by atoms with Crippen molar-refractivity contribution >= 4 is 42.3 Å². The minimum Gasteiger partial charge on any atom is -0.491 e. The number of hydrogen-bond donors (Lipinski definition) is 0. The van der Waals surface area contributed by atoms with Crippen LogP contribution in [0.5, 0.6) is 11.5 Å². The Labute approximate surface area is 118 Å². The van der Waals surface area contributed by atoms with E-state index in [0.29, 0.717) is 0 Å². The smallest absolute Gasteiger partial charge is 0.491 e. The molecule has 0 aliphatic carbocycles. The zero-order valence-electron chi connectivity index (χ0n) is 8.46. The van der Waals surface area contributed by atoms with Gasteiger partial charge in [0, 0.05) is 10.7 Å². The Morgan fingerprint density at radius 1 is 1.39 bits per heavy atom. The molecular formula is C7H4ClF3INO4S. The number of aromatic nitrogens is 1. The van der Waals surface area contributed by atoms with Gasteiger partial charge in [-0.25, -0.2) is 13.4 Å². The largest absolute Gasteiger partial charge is 0.573 e. The molecule has 0 unspecified atom stereocenters. The van der Waals surface area contributed by atoms with Crippen LogP contribution in [0.4, 0.5) is 13.2 Å². The Morgan fingerprint density at radius 3 is 2.33 bits per heavy atom. The van der Waals surface area contributed by atoms with Gasteiger partial charge in [-0.15, -0.1) is 13.2 Å². The van der Waals surface area contributed by atoms with Gasteiger partial charge in [0.1, 0.15) is 8.60 Å². The van der Waals surface area contributed by atoms with Crippen molar-refractivity contribution in [2.45, 2.75) is 11.3 Å². The van der Waals surface area contributed by atoms with E-state index in [2.05, 4.69) is 14.5 Å². The van der Waals surface area contributed by atoms with Crippen molar-refractivity contribution in [1.82, 2.24) is 4.98 Å². The van der Waals surface area contributed by atoms with Gasteiger partial charge in [0.25, 0.3) is 9.05 Å². The summed E-state index contributed by atoms with van der Waals surface area (Å²) in [6.45, 7) is 0. The lowest BCUT2D eigenvalue weighted by atomic mass is 10.4. The quantitative estimate of drug-likeness (QED) is 0.430. The average molecular weight is 418 g/mol. The van der Waals surface area contributed by atoms with Gasteiger partial charge in [0.15, 0.2) is 5.75 Å². The molecule has 1 heterocycles. The van der Waals surface area contributed by atoms with Gasteiger partial charge in [-0.05, 0) is 22.6 Å². The summed E-state index contributed by atoms with van der Waals surface area (Å²) in [6, 6.07) is 0. The first kappa shape index (κ1) is 15.6. The molecule has 0 aliphatic rings. The molecule has 0 atom stereocenters. The highest BCUT2D eigenvalue weighted by atomic mass is 127. The number of methoxy groups -OCH3 is 1. The molecular weight excluding hydrogens is 413 g/mol. The van der Waals surface area contributed by atoms with Crippen molar-refractivity contribution in [2.24, 2.45) is 0 Å². The van der Waals surface area contributed by atoms with E-state index in [1.165, 1.54) is 22.6 Å². The van der Waals surface area contributed by atoms with Gasteiger partial charge in [-0.1, -0.05) is 0 Å². The monoisotopic (exact) mass is 417 g/mol. The molecule has 5 nitrogen and oxygen atoms in total. The molecule has 0 saturated heterocycles. The highest BCUT2D eigenvalue weighted by Crippen LogP contribution is 2.40. The predicted octanol–water partition coefficient (Wildman–Crippen LogP) is 2.52. The van der Waals surface area contributed by atoms with Gasteiger partial charge in [-0.2, -0.15) is 0 Å². The molecule has 18 heavy (non-hydrogen) atoms. The number of hydrogen-bond acceptors (Lipinski definition) is 5. The van der Waals surface area contributed by atoms with E-state index < -0.39 is 31.8 Å². The maximum Gasteiger partial charge on any atom is 0.573 e. The van der Waals surface area contributed by atoms with Crippen molar-refractivity contribution in [1.29, 1.82) is 0 Å². The summed E-state index contributed by atoms with van der Waals surface area (Å²) in [4.78, 5) is 2.75. The maximum absolute atomic E-state index is 12.2. The molecule has 0 bridgehead atoms. The summed E-state index contributed by atoms with van der Waals surface area (Å²) in [5.41, 5.74) is 0. The third-order valence-electron chi connectivity index (χ3n) is 1.60. The molecule has 1 rings (SSSR count). The first-order valence-corrected chi connectivity index (χ1v) is 7.38. The number of ether oxygens (including phenoxy) is 2. The van der Waals surface area contributed by atoms with Crippen LogP contribution in [0.1, 0.15) is 0 Å². The number of nitrogens with zero attached hydrogens (tertiary/aromatic N) is 1. The Hall–Kier alpha value is -0.490. The fourth-order valence-corrected chi connectivity index (χ4v) is 2.41. The average Bonchev–Trinajstić information content (AvgIpc) is 2.17. The first-order valence-electron chi connectivity index (χ1n) is 3.99. The number of halogens is 5. The van der Waals surface area contributed by atoms with Crippen LogP contribution in [0, 0.1) is 3.70 Å². The van der Waals surface area contributed by atoms with Crippen LogP contribution in [-0.4, -0.2) is 26.9 Å². The Morgan fingerprint density at radius 2 is 1.94 bits per heavy atom. The summed E-state index contributed by atoms with van der Waals surface area (Å²) in [6.07, 6.45) is -4.23. The number of rotatable bonds is 3. The van der Waals surface area contributed by atoms with Crippen molar-refractivity contribution < 1.29 is 31.1 Å². The lowest BCUT2D eigenvalue weighted by Crippen LogP contribution is -2.19. The number of pyridine rings is 1. The van der Waals surface area contributed by atoms with Crippen molar-refractivity contribution in [2.75, 3.05) is 7.11 Å². The second kappa shape index (κ2) is 5.25.